The Kier molecular flexibility index (Phi) is 4.33. The molecule has 0 aliphatic rings. The maximum Gasteiger partial charge on any atom is 0.358 e. The van der Waals surface area contributed by atoms with Gasteiger partial charge in [0.1, 0.15) is 5.60 Å². The van der Waals surface area contributed by atoms with Gasteiger partial charge in [0, 0.05) is 19.5 Å². The van der Waals surface area contributed by atoms with E-state index in [1.807, 2.05) is 0 Å². The molecule has 1 heterocycles. The number of nitrogens with one attached hydrogen (secondary N) is 1. The van der Waals surface area contributed by atoms with E-state index in [9.17, 15) is 9.59 Å². The smallest absolute Gasteiger partial charge is 0.358 e. The first-order valence-electron chi connectivity index (χ1n) is 5.35. The molecule has 1 amide bonds. The molecule has 7 heteroatoms. The fourth-order valence-corrected chi connectivity index (χ4v) is 1.22. The van der Waals surface area contributed by atoms with E-state index < -0.39 is 17.5 Å². The molecular formula is C11H15N3O4. The topological polar surface area (TPSA) is 101 Å². The molecule has 0 fully saturated rings. The minimum atomic E-state index is -1.26. The van der Waals surface area contributed by atoms with Gasteiger partial charge in [-0.1, -0.05) is 6.92 Å². The van der Waals surface area contributed by atoms with Crippen molar-refractivity contribution in [1.82, 2.24) is 9.97 Å². The summed E-state index contributed by atoms with van der Waals surface area (Å²) in [5.41, 5.74) is -1.34. The molecule has 1 aromatic rings. The van der Waals surface area contributed by atoms with Crippen molar-refractivity contribution >= 4 is 17.7 Å². The van der Waals surface area contributed by atoms with E-state index in [4.69, 9.17) is 9.84 Å². The number of carbonyl (C=O) groups excluding carboxylic acids is 1. The molecule has 1 aromatic heterocycles. The molecule has 0 aromatic carbocycles. The van der Waals surface area contributed by atoms with Crippen molar-refractivity contribution in [2.45, 2.75) is 25.9 Å². The number of anilines is 1. The molecule has 98 valence electrons. The molecule has 0 spiro atoms. The first-order chi connectivity index (χ1) is 8.44. The molecule has 1 atom stereocenters. The molecule has 2 N–H and O–H groups in total. The number of carbonyl (C=O) groups is 2. The van der Waals surface area contributed by atoms with Gasteiger partial charge in [-0.25, -0.2) is 14.8 Å². The van der Waals surface area contributed by atoms with E-state index in [1.54, 1.807) is 13.8 Å². The number of ether oxygens (including phenoxy) is 1. The summed E-state index contributed by atoms with van der Waals surface area (Å²) in [5, 5.41) is 11.3. The van der Waals surface area contributed by atoms with Crippen molar-refractivity contribution in [2.75, 3.05) is 12.4 Å². The van der Waals surface area contributed by atoms with Gasteiger partial charge < -0.3 is 15.2 Å². The molecular weight excluding hydrogens is 238 g/mol. The second-order valence-electron chi connectivity index (χ2n) is 3.80. The average molecular weight is 253 g/mol. The van der Waals surface area contributed by atoms with Crippen LogP contribution in [0.15, 0.2) is 12.4 Å². The van der Waals surface area contributed by atoms with E-state index in [0.29, 0.717) is 6.42 Å². The van der Waals surface area contributed by atoms with Crippen molar-refractivity contribution in [3.8, 4) is 0 Å². The van der Waals surface area contributed by atoms with E-state index >= 15 is 0 Å². The fourth-order valence-electron chi connectivity index (χ4n) is 1.22. The largest absolute Gasteiger partial charge is 0.476 e. The third kappa shape index (κ3) is 2.80. The van der Waals surface area contributed by atoms with Crippen LogP contribution in [-0.2, 0) is 9.53 Å². The monoisotopic (exact) mass is 253 g/mol. The average Bonchev–Trinajstić information content (AvgIpc) is 2.38. The Hall–Kier alpha value is -2.02. The van der Waals surface area contributed by atoms with Crippen LogP contribution in [0.25, 0.3) is 0 Å². The van der Waals surface area contributed by atoms with Crippen molar-refractivity contribution in [2.24, 2.45) is 0 Å². The second-order valence-corrected chi connectivity index (χ2v) is 3.80. The Morgan fingerprint density at radius 3 is 2.56 bits per heavy atom. The lowest BCUT2D eigenvalue weighted by molar-refractivity contribution is -0.136. The van der Waals surface area contributed by atoms with Gasteiger partial charge in [0.2, 0.25) is 0 Å². The van der Waals surface area contributed by atoms with E-state index in [0.717, 1.165) is 0 Å². The molecule has 0 aliphatic heterocycles. The highest BCUT2D eigenvalue weighted by Crippen LogP contribution is 2.17. The molecule has 18 heavy (non-hydrogen) atoms. The molecule has 0 radical (unpaired) electrons. The zero-order valence-electron chi connectivity index (χ0n) is 10.4. The van der Waals surface area contributed by atoms with Crippen LogP contribution >= 0.6 is 0 Å². The molecule has 0 bridgehead atoms. The first-order valence-corrected chi connectivity index (χ1v) is 5.35. The Balaban J connectivity index is 2.98. The Bertz CT molecular complexity index is 457. The van der Waals surface area contributed by atoms with Crippen LogP contribution in [0.2, 0.25) is 0 Å². The number of amides is 1. The van der Waals surface area contributed by atoms with E-state index in [1.165, 1.54) is 19.5 Å². The highest BCUT2D eigenvalue weighted by Gasteiger charge is 2.32. The van der Waals surface area contributed by atoms with Crippen molar-refractivity contribution in [1.29, 1.82) is 0 Å². The summed E-state index contributed by atoms with van der Waals surface area (Å²) in [5.74, 6) is -1.81. The summed E-state index contributed by atoms with van der Waals surface area (Å²) >= 11 is 0. The SMILES string of the molecule is CCC(C)(OC)C(=O)Nc1nccnc1C(=O)O. The summed E-state index contributed by atoms with van der Waals surface area (Å²) in [6, 6.07) is 0. The van der Waals surface area contributed by atoms with Crippen molar-refractivity contribution in [3.05, 3.63) is 18.1 Å². The second kappa shape index (κ2) is 5.54. The molecule has 0 saturated carbocycles. The van der Waals surface area contributed by atoms with Gasteiger partial charge in [0.25, 0.3) is 5.91 Å². The van der Waals surface area contributed by atoms with Gasteiger partial charge in [0.15, 0.2) is 11.5 Å². The van der Waals surface area contributed by atoms with Gasteiger partial charge in [-0.2, -0.15) is 0 Å². The number of carboxylic acid groups (broad SMARTS) is 1. The van der Waals surface area contributed by atoms with Crippen LogP contribution < -0.4 is 5.32 Å². The number of hydrogen-bond donors (Lipinski definition) is 2. The number of methoxy groups -OCH3 is 1. The van der Waals surface area contributed by atoms with Gasteiger partial charge in [-0.15, -0.1) is 0 Å². The first kappa shape index (κ1) is 14.0. The molecule has 7 nitrogen and oxygen atoms in total. The van der Waals surface area contributed by atoms with Crippen LogP contribution in [0, 0.1) is 0 Å². The number of nitrogens with zero attached hydrogens (tertiary/aromatic N) is 2. The highest BCUT2D eigenvalue weighted by molar-refractivity contribution is 6.01. The predicted octanol–water partition coefficient (Wildman–Crippen LogP) is 0.928. The van der Waals surface area contributed by atoms with Crippen molar-refractivity contribution in [3.63, 3.8) is 0 Å². The van der Waals surface area contributed by atoms with Crippen LogP contribution in [0.1, 0.15) is 30.8 Å². The molecule has 0 saturated heterocycles. The summed E-state index contributed by atoms with van der Waals surface area (Å²) in [6.07, 6.45) is 2.99. The minimum absolute atomic E-state index is 0.0910. The van der Waals surface area contributed by atoms with Gasteiger partial charge in [-0.3, -0.25) is 4.79 Å². The van der Waals surface area contributed by atoms with Crippen molar-refractivity contribution < 1.29 is 19.4 Å². The van der Waals surface area contributed by atoms with Crippen LogP contribution in [0.3, 0.4) is 0 Å². The zero-order valence-corrected chi connectivity index (χ0v) is 10.4. The highest BCUT2D eigenvalue weighted by atomic mass is 16.5. The summed E-state index contributed by atoms with van der Waals surface area (Å²) in [6.45, 7) is 3.40. The quantitative estimate of drug-likeness (QED) is 0.809. The summed E-state index contributed by atoms with van der Waals surface area (Å²) < 4.78 is 5.11. The van der Waals surface area contributed by atoms with Crippen LogP contribution in [0.5, 0.6) is 0 Å². The lowest BCUT2D eigenvalue weighted by Crippen LogP contribution is -2.41. The third-order valence-corrected chi connectivity index (χ3v) is 2.74. The maximum atomic E-state index is 12.0. The Labute approximate surface area is 104 Å². The van der Waals surface area contributed by atoms with Gasteiger partial charge in [0.05, 0.1) is 0 Å². The molecule has 1 rings (SSSR count). The standard InChI is InChI=1S/C11H15N3O4/c1-4-11(2,18-3)10(17)14-8-7(9(15)16)12-5-6-13-8/h5-6H,4H2,1-3H3,(H,15,16)(H,13,14,17). The van der Waals surface area contributed by atoms with E-state index in [2.05, 4.69) is 15.3 Å². The summed E-state index contributed by atoms with van der Waals surface area (Å²) in [4.78, 5) is 30.3. The lowest BCUT2D eigenvalue weighted by atomic mass is 10.0. The van der Waals surface area contributed by atoms with Crippen LogP contribution in [0.4, 0.5) is 5.82 Å². The number of carboxylic acids is 1. The maximum absolute atomic E-state index is 12.0. The van der Waals surface area contributed by atoms with Gasteiger partial charge in [-0.05, 0) is 13.3 Å². The number of aromatic nitrogens is 2. The van der Waals surface area contributed by atoms with Crippen LogP contribution in [-0.4, -0.2) is 39.7 Å². The minimum Gasteiger partial charge on any atom is -0.476 e. The third-order valence-electron chi connectivity index (χ3n) is 2.74. The molecule has 1 unspecified atom stereocenters. The van der Waals surface area contributed by atoms with Gasteiger partial charge >= 0.3 is 5.97 Å². The Morgan fingerprint density at radius 2 is 2.06 bits per heavy atom. The lowest BCUT2D eigenvalue weighted by Gasteiger charge is -2.24. The Morgan fingerprint density at radius 1 is 1.44 bits per heavy atom. The predicted molar refractivity (Wildman–Crippen MR) is 63.3 cm³/mol. The normalized spacial score (nSPS) is 13.7. The molecule has 0 aliphatic carbocycles. The zero-order chi connectivity index (χ0) is 13.8. The number of aromatic carboxylic acids is 1. The number of hydrogen-bond acceptors (Lipinski definition) is 5. The van der Waals surface area contributed by atoms with E-state index in [-0.39, 0.29) is 11.5 Å². The number of rotatable bonds is 5. The fraction of sp³-hybridized carbons (Fsp3) is 0.455. The summed E-state index contributed by atoms with van der Waals surface area (Å²) in [7, 11) is 1.41.